The molecule has 3 nitrogen and oxygen atoms in total. The van der Waals surface area contributed by atoms with Crippen molar-refractivity contribution in [3.05, 3.63) is 20.8 Å². The molecule has 0 aliphatic heterocycles. The smallest absolute Gasteiger partial charge is 0.261 e. The van der Waals surface area contributed by atoms with Gasteiger partial charge in [-0.2, -0.15) is 0 Å². The maximum atomic E-state index is 11.9. The third kappa shape index (κ3) is 2.64. The zero-order valence-electron chi connectivity index (χ0n) is 8.78. The third-order valence-corrected chi connectivity index (χ3v) is 4.63. The molecule has 2 N–H and O–H groups in total. The maximum Gasteiger partial charge on any atom is 0.261 e. The Bertz CT molecular complexity index is 380. The van der Waals surface area contributed by atoms with Crippen LogP contribution in [0.15, 0.2) is 15.9 Å². The molecule has 1 fully saturated rings. The molecule has 0 radical (unpaired) electrons. The molecule has 5 heteroatoms. The number of hydrogen-bond donors (Lipinski definition) is 2. The summed E-state index contributed by atoms with van der Waals surface area (Å²) in [6, 6.07) is 3.82. The average Bonchev–Trinajstić information content (AvgIpc) is 2.86. The number of carbonyl (C=O) groups is 1. The Morgan fingerprint density at radius 1 is 1.56 bits per heavy atom. The molecule has 2 atom stereocenters. The van der Waals surface area contributed by atoms with E-state index in [0.717, 1.165) is 27.9 Å². The topological polar surface area (TPSA) is 49.3 Å². The zero-order chi connectivity index (χ0) is 11.5. The predicted octanol–water partition coefficient (Wildman–Crippen LogP) is 2.40. The molecule has 0 aromatic carbocycles. The van der Waals surface area contributed by atoms with Crippen LogP contribution in [0.25, 0.3) is 0 Å². The molecule has 1 heterocycles. The minimum absolute atomic E-state index is 0.0268. The van der Waals surface area contributed by atoms with Gasteiger partial charge in [-0.05, 0) is 40.9 Å². The van der Waals surface area contributed by atoms with Gasteiger partial charge in [0.2, 0.25) is 0 Å². The largest absolute Gasteiger partial charge is 0.396 e. The van der Waals surface area contributed by atoms with Crippen molar-refractivity contribution in [3.8, 4) is 0 Å². The van der Waals surface area contributed by atoms with E-state index in [1.807, 2.05) is 12.1 Å². The molecule has 1 saturated carbocycles. The summed E-state index contributed by atoms with van der Waals surface area (Å²) >= 11 is 4.77. The first-order valence-electron chi connectivity index (χ1n) is 5.38. The summed E-state index contributed by atoms with van der Waals surface area (Å²) in [5.74, 6) is 0.202. The summed E-state index contributed by atoms with van der Waals surface area (Å²) in [6.07, 6.45) is 3.07. The summed E-state index contributed by atoms with van der Waals surface area (Å²) in [5.41, 5.74) is 0. The van der Waals surface area contributed by atoms with Gasteiger partial charge in [-0.25, -0.2) is 0 Å². The average molecular weight is 304 g/mol. The van der Waals surface area contributed by atoms with E-state index in [4.69, 9.17) is 5.11 Å². The fourth-order valence-corrected chi connectivity index (χ4v) is 3.41. The van der Waals surface area contributed by atoms with Crippen molar-refractivity contribution in [2.24, 2.45) is 5.92 Å². The third-order valence-electron chi connectivity index (χ3n) is 3.01. The zero-order valence-corrected chi connectivity index (χ0v) is 11.2. The van der Waals surface area contributed by atoms with E-state index in [2.05, 4.69) is 21.2 Å². The Morgan fingerprint density at radius 3 is 3.00 bits per heavy atom. The van der Waals surface area contributed by atoms with Gasteiger partial charge in [-0.1, -0.05) is 6.42 Å². The van der Waals surface area contributed by atoms with Crippen LogP contribution in [-0.2, 0) is 0 Å². The predicted molar refractivity (Wildman–Crippen MR) is 67.7 cm³/mol. The highest BCUT2D eigenvalue weighted by molar-refractivity contribution is 9.11. The molecule has 0 saturated heterocycles. The highest BCUT2D eigenvalue weighted by Gasteiger charge is 2.28. The quantitative estimate of drug-likeness (QED) is 0.901. The molecule has 1 aromatic rings. The van der Waals surface area contributed by atoms with Gasteiger partial charge < -0.3 is 10.4 Å². The van der Waals surface area contributed by atoms with Crippen LogP contribution >= 0.6 is 27.3 Å². The van der Waals surface area contributed by atoms with Gasteiger partial charge in [0.1, 0.15) is 0 Å². The van der Waals surface area contributed by atoms with Crippen molar-refractivity contribution in [1.29, 1.82) is 0 Å². The Morgan fingerprint density at radius 2 is 2.38 bits per heavy atom. The SMILES string of the molecule is O=C(NC1CCCC1CO)c1ccc(Br)s1. The molecule has 2 unspecified atom stereocenters. The highest BCUT2D eigenvalue weighted by atomic mass is 79.9. The van der Waals surface area contributed by atoms with E-state index in [9.17, 15) is 4.79 Å². The number of aliphatic hydroxyl groups excluding tert-OH is 1. The van der Waals surface area contributed by atoms with Crippen molar-refractivity contribution < 1.29 is 9.90 Å². The minimum Gasteiger partial charge on any atom is -0.396 e. The van der Waals surface area contributed by atoms with Gasteiger partial charge in [-0.15, -0.1) is 11.3 Å². The number of halogens is 1. The molecule has 0 spiro atoms. The van der Waals surface area contributed by atoms with Crippen molar-refractivity contribution in [2.45, 2.75) is 25.3 Å². The molecular weight excluding hydrogens is 290 g/mol. The lowest BCUT2D eigenvalue weighted by atomic mass is 10.1. The van der Waals surface area contributed by atoms with E-state index >= 15 is 0 Å². The molecule has 1 aliphatic carbocycles. The van der Waals surface area contributed by atoms with Gasteiger partial charge in [0.25, 0.3) is 5.91 Å². The molecule has 16 heavy (non-hydrogen) atoms. The summed E-state index contributed by atoms with van der Waals surface area (Å²) < 4.78 is 0.961. The molecule has 88 valence electrons. The number of amides is 1. The number of carbonyl (C=O) groups excluding carboxylic acids is 1. The Balaban J connectivity index is 1.97. The van der Waals surface area contributed by atoms with Gasteiger partial charge in [-0.3, -0.25) is 4.79 Å². The maximum absolute atomic E-state index is 11.9. The molecule has 1 aromatic heterocycles. The number of aliphatic hydroxyl groups is 1. The summed E-state index contributed by atoms with van der Waals surface area (Å²) in [7, 11) is 0. The van der Waals surface area contributed by atoms with Crippen molar-refractivity contribution in [3.63, 3.8) is 0 Å². The standard InChI is InChI=1S/C11H14BrNO2S/c12-10-5-4-9(16-10)11(15)13-8-3-1-2-7(8)6-14/h4-5,7-8,14H,1-3,6H2,(H,13,15). The van der Waals surface area contributed by atoms with Crippen LogP contribution < -0.4 is 5.32 Å². The van der Waals surface area contributed by atoms with Crippen molar-refractivity contribution >= 4 is 33.2 Å². The number of rotatable bonds is 3. The van der Waals surface area contributed by atoms with E-state index < -0.39 is 0 Å². The first-order chi connectivity index (χ1) is 7.70. The highest BCUT2D eigenvalue weighted by Crippen LogP contribution is 2.26. The van der Waals surface area contributed by atoms with Crippen LogP contribution in [0, 0.1) is 5.92 Å². The van der Waals surface area contributed by atoms with Crippen molar-refractivity contribution in [1.82, 2.24) is 5.32 Å². The monoisotopic (exact) mass is 303 g/mol. The summed E-state index contributed by atoms with van der Waals surface area (Å²) in [4.78, 5) is 12.6. The number of hydrogen-bond acceptors (Lipinski definition) is 3. The van der Waals surface area contributed by atoms with Crippen molar-refractivity contribution in [2.75, 3.05) is 6.61 Å². The number of thiophene rings is 1. The van der Waals surface area contributed by atoms with Gasteiger partial charge in [0.05, 0.1) is 8.66 Å². The van der Waals surface area contributed by atoms with Crippen LogP contribution in [0.5, 0.6) is 0 Å². The van der Waals surface area contributed by atoms with Crippen LogP contribution in [0.1, 0.15) is 28.9 Å². The fourth-order valence-electron chi connectivity index (χ4n) is 2.12. The first kappa shape index (κ1) is 12.1. The lowest BCUT2D eigenvalue weighted by molar-refractivity contribution is 0.0920. The fraction of sp³-hybridized carbons (Fsp3) is 0.545. The van der Waals surface area contributed by atoms with Crippen LogP contribution in [0.3, 0.4) is 0 Å². The normalized spacial score (nSPS) is 24.6. The lowest BCUT2D eigenvalue weighted by Crippen LogP contribution is -2.38. The lowest BCUT2D eigenvalue weighted by Gasteiger charge is -2.18. The van der Waals surface area contributed by atoms with E-state index in [1.165, 1.54) is 11.3 Å². The summed E-state index contributed by atoms with van der Waals surface area (Å²) in [6.45, 7) is 0.166. The van der Waals surface area contributed by atoms with E-state index in [1.54, 1.807) is 0 Å². The second-order valence-electron chi connectivity index (χ2n) is 4.06. The van der Waals surface area contributed by atoms with Gasteiger partial charge in [0.15, 0.2) is 0 Å². The second kappa shape index (κ2) is 5.29. The van der Waals surface area contributed by atoms with Gasteiger partial charge in [0, 0.05) is 18.6 Å². The summed E-state index contributed by atoms with van der Waals surface area (Å²) in [5, 5.41) is 12.2. The molecule has 0 bridgehead atoms. The van der Waals surface area contributed by atoms with E-state index in [0.29, 0.717) is 0 Å². The van der Waals surface area contributed by atoms with E-state index in [-0.39, 0.29) is 24.5 Å². The molecule has 1 amide bonds. The first-order valence-corrected chi connectivity index (χ1v) is 6.98. The van der Waals surface area contributed by atoms with Crippen LogP contribution in [0.4, 0.5) is 0 Å². The Labute approximate surface area is 107 Å². The van der Waals surface area contributed by atoms with Gasteiger partial charge >= 0.3 is 0 Å². The number of nitrogens with one attached hydrogen (secondary N) is 1. The van der Waals surface area contributed by atoms with Crippen LogP contribution in [0.2, 0.25) is 0 Å². The molecule has 1 aliphatic rings. The minimum atomic E-state index is -0.0268. The Hall–Kier alpha value is -0.390. The Kier molecular flexibility index (Phi) is 4.00. The van der Waals surface area contributed by atoms with Crippen LogP contribution in [-0.4, -0.2) is 23.7 Å². The molecular formula is C11H14BrNO2S. The second-order valence-corrected chi connectivity index (χ2v) is 6.52. The molecule has 2 rings (SSSR count).